The molecule has 0 radical (unpaired) electrons. The average molecular weight is 332 g/mol. The zero-order chi connectivity index (χ0) is 17.1. The molecule has 2 amide bonds. The highest BCUT2D eigenvalue weighted by Crippen LogP contribution is 2.34. The number of hydrogen-bond acceptors (Lipinski definition) is 6. The van der Waals surface area contributed by atoms with Gasteiger partial charge in [0, 0.05) is 44.4 Å². The summed E-state index contributed by atoms with van der Waals surface area (Å²) in [5.74, 6) is 0.214. The van der Waals surface area contributed by atoms with Crippen molar-refractivity contribution in [2.75, 3.05) is 43.5 Å². The molecule has 0 spiro atoms. The topological polar surface area (TPSA) is 82.7 Å². The molecule has 1 atom stereocenters. The summed E-state index contributed by atoms with van der Waals surface area (Å²) < 4.78 is 5.53. The van der Waals surface area contributed by atoms with Crippen LogP contribution in [0.4, 0.5) is 11.4 Å². The molecule has 7 heteroatoms. The van der Waals surface area contributed by atoms with Gasteiger partial charge < -0.3 is 20.3 Å². The molecule has 0 saturated carbocycles. The number of methoxy groups -OCH3 is 1. The number of carbonyl (C=O) groups is 2. The maximum Gasteiger partial charge on any atom is 0.249 e. The van der Waals surface area contributed by atoms with E-state index in [0.29, 0.717) is 18.6 Å². The Hall–Kier alpha value is -2.28. The molecule has 2 heterocycles. The Bertz CT molecular complexity index is 641. The number of amides is 2. The Kier molecular flexibility index (Phi) is 4.89. The van der Waals surface area contributed by atoms with Crippen LogP contribution in [0.1, 0.15) is 18.4 Å². The summed E-state index contributed by atoms with van der Waals surface area (Å²) in [6, 6.07) is 3.62. The van der Waals surface area contributed by atoms with E-state index in [0.717, 1.165) is 43.1 Å². The smallest absolute Gasteiger partial charge is 0.249 e. The fraction of sp³-hybridized carbons (Fsp3) is 0.529. The molecule has 2 aliphatic rings. The maximum atomic E-state index is 12.0. The van der Waals surface area contributed by atoms with E-state index in [-0.39, 0.29) is 11.8 Å². The molecule has 2 saturated heterocycles. The number of ether oxygens (including phenoxy) is 1. The predicted molar refractivity (Wildman–Crippen MR) is 92.6 cm³/mol. The number of nitrogens with zero attached hydrogens (tertiary/aromatic N) is 1. The van der Waals surface area contributed by atoms with Crippen LogP contribution >= 0.6 is 0 Å². The highest BCUT2D eigenvalue weighted by Gasteiger charge is 2.27. The van der Waals surface area contributed by atoms with Crippen LogP contribution in [-0.4, -0.2) is 51.1 Å². The summed E-state index contributed by atoms with van der Waals surface area (Å²) in [5, 5.41) is 8.94. The van der Waals surface area contributed by atoms with Gasteiger partial charge in [-0.15, -0.1) is 0 Å². The third-order valence-corrected chi connectivity index (χ3v) is 4.54. The molecule has 0 bridgehead atoms. The standard InChI is InChI=1S/C17H24N4O3/c1-11-9-13(19-12-3-4-16(22)20-17(12)23)15(24-2)10-14(11)21-7-5-18-6-8-21/h9-10,12,18-19H,3-8H2,1-2H3,(H,20,22,23). The maximum absolute atomic E-state index is 12.0. The van der Waals surface area contributed by atoms with Crippen molar-refractivity contribution in [1.29, 1.82) is 0 Å². The summed E-state index contributed by atoms with van der Waals surface area (Å²) >= 11 is 0. The molecule has 7 nitrogen and oxygen atoms in total. The summed E-state index contributed by atoms with van der Waals surface area (Å²) in [4.78, 5) is 25.6. The number of rotatable bonds is 4. The minimum Gasteiger partial charge on any atom is -0.495 e. The molecular formula is C17H24N4O3. The fourth-order valence-corrected chi connectivity index (χ4v) is 3.22. The number of hydrogen-bond donors (Lipinski definition) is 3. The molecule has 130 valence electrons. The Morgan fingerprint density at radius 2 is 2.00 bits per heavy atom. The van der Waals surface area contributed by atoms with Crippen molar-refractivity contribution >= 4 is 23.2 Å². The first-order valence-electron chi connectivity index (χ1n) is 8.33. The van der Waals surface area contributed by atoms with E-state index in [9.17, 15) is 9.59 Å². The van der Waals surface area contributed by atoms with Crippen molar-refractivity contribution in [3.63, 3.8) is 0 Å². The van der Waals surface area contributed by atoms with Crippen molar-refractivity contribution in [1.82, 2.24) is 10.6 Å². The normalized spacial score (nSPS) is 21.4. The number of aryl methyl sites for hydroxylation is 1. The molecule has 2 fully saturated rings. The van der Waals surface area contributed by atoms with Gasteiger partial charge in [0.05, 0.1) is 12.8 Å². The first-order chi connectivity index (χ1) is 11.6. The van der Waals surface area contributed by atoms with Gasteiger partial charge in [-0.2, -0.15) is 0 Å². The van der Waals surface area contributed by atoms with Gasteiger partial charge in [-0.1, -0.05) is 0 Å². The van der Waals surface area contributed by atoms with Crippen LogP contribution in [-0.2, 0) is 9.59 Å². The Labute approximate surface area is 141 Å². The van der Waals surface area contributed by atoms with E-state index in [2.05, 4.69) is 27.8 Å². The molecule has 2 aliphatic heterocycles. The van der Waals surface area contributed by atoms with Crippen molar-refractivity contribution < 1.29 is 14.3 Å². The van der Waals surface area contributed by atoms with E-state index < -0.39 is 6.04 Å². The first-order valence-corrected chi connectivity index (χ1v) is 8.33. The molecule has 24 heavy (non-hydrogen) atoms. The van der Waals surface area contributed by atoms with E-state index >= 15 is 0 Å². The number of benzene rings is 1. The van der Waals surface area contributed by atoms with Crippen molar-refractivity contribution in [2.45, 2.75) is 25.8 Å². The molecule has 1 aromatic carbocycles. The largest absolute Gasteiger partial charge is 0.495 e. The lowest BCUT2D eigenvalue weighted by Crippen LogP contribution is -2.47. The molecule has 1 aromatic rings. The number of nitrogens with one attached hydrogen (secondary N) is 3. The van der Waals surface area contributed by atoms with Gasteiger partial charge in [-0.3, -0.25) is 14.9 Å². The van der Waals surface area contributed by atoms with E-state index in [1.54, 1.807) is 7.11 Å². The second-order valence-corrected chi connectivity index (χ2v) is 6.22. The summed E-state index contributed by atoms with van der Waals surface area (Å²) in [6.45, 7) is 5.93. The Morgan fingerprint density at radius 3 is 2.67 bits per heavy atom. The monoisotopic (exact) mass is 332 g/mol. The predicted octanol–water partition coefficient (Wildman–Crippen LogP) is 0.630. The Morgan fingerprint density at radius 1 is 1.25 bits per heavy atom. The number of piperazine rings is 1. The van der Waals surface area contributed by atoms with Crippen LogP contribution in [0.3, 0.4) is 0 Å². The second-order valence-electron chi connectivity index (χ2n) is 6.22. The first kappa shape index (κ1) is 16.6. The van der Waals surface area contributed by atoms with E-state index in [1.165, 1.54) is 0 Å². The SMILES string of the molecule is COc1cc(N2CCNCC2)c(C)cc1NC1CCC(=O)NC1=O. The molecule has 3 rings (SSSR count). The van der Waals surface area contributed by atoms with Gasteiger partial charge in [-0.05, 0) is 25.0 Å². The summed E-state index contributed by atoms with van der Waals surface area (Å²) in [6.07, 6.45) is 0.843. The highest BCUT2D eigenvalue weighted by atomic mass is 16.5. The lowest BCUT2D eigenvalue weighted by molar-refractivity contribution is -0.133. The van der Waals surface area contributed by atoms with E-state index in [4.69, 9.17) is 4.74 Å². The van der Waals surface area contributed by atoms with Crippen molar-refractivity contribution in [3.8, 4) is 5.75 Å². The number of piperidine rings is 1. The Balaban J connectivity index is 1.81. The van der Waals surface area contributed by atoms with Gasteiger partial charge in [-0.25, -0.2) is 0 Å². The van der Waals surface area contributed by atoms with Crippen LogP contribution in [0.2, 0.25) is 0 Å². The molecule has 3 N–H and O–H groups in total. The lowest BCUT2D eigenvalue weighted by Gasteiger charge is -2.32. The van der Waals surface area contributed by atoms with Crippen LogP contribution in [0.25, 0.3) is 0 Å². The van der Waals surface area contributed by atoms with Gasteiger partial charge >= 0.3 is 0 Å². The average Bonchev–Trinajstić information content (AvgIpc) is 2.58. The third-order valence-electron chi connectivity index (χ3n) is 4.54. The van der Waals surface area contributed by atoms with Crippen molar-refractivity contribution in [3.05, 3.63) is 17.7 Å². The third kappa shape index (κ3) is 3.46. The second kappa shape index (κ2) is 7.09. The lowest BCUT2D eigenvalue weighted by atomic mass is 10.0. The van der Waals surface area contributed by atoms with Crippen LogP contribution in [0.15, 0.2) is 12.1 Å². The molecule has 0 aromatic heterocycles. The number of imide groups is 1. The molecular weight excluding hydrogens is 308 g/mol. The summed E-state index contributed by atoms with van der Waals surface area (Å²) in [5.41, 5.74) is 3.07. The highest BCUT2D eigenvalue weighted by molar-refractivity contribution is 6.01. The zero-order valence-electron chi connectivity index (χ0n) is 14.1. The van der Waals surface area contributed by atoms with Gasteiger partial charge in [0.1, 0.15) is 11.8 Å². The van der Waals surface area contributed by atoms with Crippen LogP contribution in [0.5, 0.6) is 5.75 Å². The van der Waals surface area contributed by atoms with Crippen molar-refractivity contribution in [2.24, 2.45) is 0 Å². The van der Waals surface area contributed by atoms with Crippen LogP contribution in [0, 0.1) is 6.92 Å². The minimum absolute atomic E-state index is 0.213. The van der Waals surface area contributed by atoms with Gasteiger partial charge in [0.2, 0.25) is 11.8 Å². The van der Waals surface area contributed by atoms with Gasteiger partial charge in [0.15, 0.2) is 0 Å². The quantitative estimate of drug-likeness (QED) is 0.702. The fourth-order valence-electron chi connectivity index (χ4n) is 3.22. The summed E-state index contributed by atoms with van der Waals surface area (Å²) in [7, 11) is 1.63. The minimum atomic E-state index is -0.416. The molecule has 1 unspecified atom stereocenters. The number of anilines is 2. The van der Waals surface area contributed by atoms with Crippen LogP contribution < -0.4 is 25.6 Å². The zero-order valence-corrected chi connectivity index (χ0v) is 14.1. The number of carbonyl (C=O) groups excluding carboxylic acids is 2. The van der Waals surface area contributed by atoms with Gasteiger partial charge in [0.25, 0.3) is 0 Å². The molecule has 0 aliphatic carbocycles. The van der Waals surface area contributed by atoms with E-state index in [1.807, 2.05) is 12.1 Å².